The number of amides is 1. The van der Waals surface area contributed by atoms with Crippen molar-refractivity contribution < 1.29 is 4.79 Å². The number of nitrogens with one attached hydrogen (secondary N) is 1. The maximum atomic E-state index is 12.7. The molecule has 1 atom stereocenters. The first-order chi connectivity index (χ1) is 10.6. The topological polar surface area (TPSA) is 35.6 Å². The molecule has 2 rings (SSSR count). The van der Waals surface area contributed by atoms with Crippen LogP contribution in [0, 0.1) is 6.92 Å². The zero-order valence-electron chi connectivity index (χ0n) is 14.5. The summed E-state index contributed by atoms with van der Waals surface area (Å²) < 4.78 is 0. The van der Waals surface area contributed by atoms with Gasteiger partial charge in [-0.3, -0.25) is 9.69 Å². The molecular formula is C18H30ClN3O. The van der Waals surface area contributed by atoms with Crippen molar-refractivity contribution in [2.45, 2.75) is 39.8 Å². The minimum Gasteiger partial charge on any atom is -0.337 e. The Hall–Kier alpha value is -1.10. The van der Waals surface area contributed by atoms with E-state index in [1.807, 2.05) is 4.90 Å². The summed E-state index contributed by atoms with van der Waals surface area (Å²) in [6, 6.07) is 8.91. The van der Waals surface area contributed by atoms with E-state index in [1.165, 1.54) is 11.1 Å². The van der Waals surface area contributed by atoms with Crippen LogP contribution in [-0.4, -0.2) is 54.5 Å². The first-order valence-electron chi connectivity index (χ1n) is 8.38. The predicted octanol–water partition coefficient (Wildman–Crippen LogP) is 2.45. The molecule has 1 heterocycles. The summed E-state index contributed by atoms with van der Waals surface area (Å²) in [7, 11) is 0. The Bertz CT molecular complexity index is 478. The summed E-state index contributed by atoms with van der Waals surface area (Å²) in [4.78, 5) is 17.0. The van der Waals surface area contributed by atoms with Crippen molar-refractivity contribution in [3.8, 4) is 0 Å². The summed E-state index contributed by atoms with van der Waals surface area (Å²) in [5.41, 5.74) is 2.47. The molecule has 5 heteroatoms. The quantitative estimate of drug-likeness (QED) is 0.864. The molecule has 1 saturated heterocycles. The molecule has 1 aromatic carbocycles. The van der Waals surface area contributed by atoms with Gasteiger partial charge in [0.05, 0.1) is 6.54 Å². The Kier molecular flexibility index (Phi) is 8.59. The normalized spacial score (nSPS) is 18.3. The third-order valence-corrected chi connectivity index (χ3v) is 4.32. The van der Waals surface area contributed by atoms with Crippen LogP contribution in [-0.2, 0) is 11.3 Å². The van der Waals surface area contributed by atoms with Crippen molar-refractivity contribution in [1.29, 1.82) is 0 Å². The second-order valence-electron chi connectivity index (χ2n) is 6.32. The van der Waals surface area contributed by atoms with Crippen LogP contribution >= 0.6 is 12.4 Å². The van der Waals surface area contributed by atoms with E-state index in [1.54, 1.807) is 0 Å². The highest BCUT2D eigenvalue weighted by atomic mass is 35.5. The van der Waals surface area contributed by atoms with Crippen molar-refractivity contribution in [3.63, 3.8) is 0 Å². The number of hydrogen-bond acceptors (Lipinski definition) is 3. The van der Waals surface area contributed by atoms with Crippen LogP contribution in [0.2, 0.25) is 0 Å². The molecule has 0 saturated carbocycles. The van der Waals surface area contributed by atoms with Crippen LogP contribution < -0.4 is 5.32 Å². The first kappa shape index (κ1) is 19.9. The summed E-state index contributed by atoms with van der Waals surface area (Å²) in [5.74, 6) is 0.246. The molecule has 23 heavy (non-hydrogen) atoms. The summed E-state index contributed by atoms with van der Waals surface area (Å²) in [6.45, 7) is 11.4. The summed E-state index contributed by atoms with van der Waals surface area (Å²) in [5, 5.41) is 3.37. The van der Waals surface area contributed by atoms with E-state index >= 15 is 0 Å². The number of halogens is 1. The van der Waals surface area contributed by atoms with Crippen molar-refractivity contribution in [2.24, 2.45) is 0 Å². The maximum Gasteiger partial charge on any atom is 0.237 e. The average molecular weight is 340 g/mol. The van der Waals surface area contributed by atoms with E-state index in [-0.39, 0.29) is 18.3 Å². The minimum atomic E-state index is 0. The number of nitrogens with zero attached hydrogens (tertiary/aromatic N) is 2. The number of benzene rings is 1. The van der Waals surface area contributed by atoms with E-state index in [9.17, 15) is 4.79 Å². The van der Waals surface area contributed by atoms with E-state index in [0.29, 0.717) is 19.1 Å². The molecule has 0 unspecified atom stereocenters. The largest absolute Gasteiger partial charge is 0.337 e. The Morgan fingerprint density at radius 2 is 2.04 bits per heavy atom. The van der Waals surface area contributed by atoms with Gasteiger partial charge >= 0.3 is 0 Å². The molecule has 1 amide bonds. The van der Waals surface area contributed by atoms with Gasteiger partial charge in [-0.05, 0) is 25.8 Å². The first-order valence-corrected chi connectivity index (χ1v) is 8.38. The number of carbonyl (C=O) groups excluding carboxylic acids is 1. The molecule has 1 N–H and O–H groups in total. The van der Waals surface area contributed by atoms with Gasteiger partial charge in [-0.1, -0.05) is 36.8 Å². The van der Waals surface area contributed by atoms with E-state index in [0.717, 1.165) is 32.6 Å². The molecule has 0 radical (unpaired) electrons. The molecule has 1 aromatic rings. The highest BCUT2D eigenvalue weighted by Gasteiger charge is 2.23. The van der Waals surface area contributed by atoms with Crippen LogP contribution in [0.5, 0.6) is 0 Å². The molecule has 4 nitrogen and oxygen atoms in total. The molecule has 0 bridgehead atoms. The molecule has 0 aliphatic carbocycles. The zero-order valence-corrected chi connectivity index (χ0v) is 15.4. The van der Waals surface area contributed by atoms with Gasteiger partial charge in [0, 0.05) is 38.8 Å². The van der Waals surface area contributed by atoms with Gasteiger partial charge in [0.15, 0.2) is 0 Å². The van der Waals surface area contributed by atoms with E-state index in [2.05, 4.69) is 55.3 Å². The number of aryl methyl sites for hydroxylation is 1. The second kappa shape index (κ2) is 9.91. The third kappa shape index (κ3) is 6.13. The minimum absolute atomic E-state index is 0. The highest BCUT2D eigenvalue weighted by molar-refractivity contribution is 5.85. The zero-order chi connectivity index (χ0) is 15.9. The van der Waals surface area contributed by atoms with Gasteiger partial charge < -0.3 is 10.2 Å². The summed E-state index contributed by atoms with van der Waals surface area (Å²) >= 11 is 0. The lowest BCUT2D eigenvalue weighted by Crippen LogP contribution is -2.53. The SMILES string of the molecule is CCCN(Cc1ccc(C)cc1)C(=O)CN1CCNC[C@H]1C.Cl. The Labute approximate surface area is 146 Å². The fourth-order valence-corrected chi connectivity index (χ4v) is 2.87. The lowest BCUT2D eigenvalue weighted by molar-refractivity contribution is -0.133. The van der Waals surface area contributed by atoms with Gasteiger partial charge in [0.2, 0.25) is 5.91 Å². The standard InChI is InChI=1S/C18H29N3O.ClH/c1-4-10-21(13-17-7-5-15(2)6-8-17)18(22)14-20-11-9-19-12-16(20)3;/h5-8,16,19H,4,9-14H2,1-3H3;1H/t16-;/m1./s1. The van der Waals surface area contributed by atoms with Crippen LogP contribution in [0.4, 0.5) is 0 Å². The predicted molar refractivity (Wildman–Crippen MR) is 98.0 cm³/mol. The van der Waals surface area contributed by atoms with Crippen LogP contribution in [0.15, 0.2) is 24.3 Å². The molecule has 1 aliphatic rings. The number of hydrogen-bond donors (Lipinski definition) is 1. The van der Waals surface area contributed by atoms with Crippen molar-refractivity contribution in [2.75, 3.05) is 32.7 Å². The van der Waals surface area contributed by atoms with Gasteiger partial charge in [-0.2, -0.15) is 0 Å². The van der Waals surface area contributed by atoms with Crippen molar-refractivity contribution >= 4 is 18.3 Å². The van der Waals surface area contributed by atoms with Crippen LogP contribution in [0.1, 0.15) is 31.4 Å². The van der Waals surface area contributed by atoms with Gasteiger partial charge in [-0.25, -0.2) is 0 Å². The summed E-state index contributed by atoms with van der Waals surface area (Å²) in [6.07, 6.45) is 0.995. The number of carbonyl (C=O) groups is 1. The van der Waals surface area contributed by atoms with Gasteiger partial charge in [0.25, 0.3) is 0 Å². The fourth-order valence-electron chi connectivity index (χ4n) is 2.87. The van der Waals surface area contributed by atoms with E-state index in [4.69, 9.17) is 0 Å². The highest BCUT2D eigenvalue weighted by Crippen LogP contribution is 2.10. The van der Waals surface area contributed by atoms with Gasteiger partial charge in [0.1, 0.15) is 0 Å². The van der Waals surface area contributed by atoms with E-state index < -0.39 is 0 Å². The fraction of sp³-hybridized carbons (Fsp3) is 0.611. The monoisotopic (exact) mass is 339 g/mol. The van der Waals surface area contributed by atoms with Crippen molar-refractivity contribution in [1.82, 2.24) is 15.1 Å². The van der Waals surface area contributed by atoms with Crippen molar-refractivity contribution in [3.05, 3.63) is 35.4 Å². The second-order valence-corrected chi connectivity index (χ2v) is 6.32. The molecule has 1 aliphatic heterocycles. The van der Waals surface area contributed by atoms with Crippen LogP contribution in [0.3, 0.4) is 0 Å². The maximum absolute atomic E-state index is 12.7. The Morgan fingerprint density at radius 3 is 2.65 bits per heavy atom. The lowest BCUT2D eigenvalue weighted by Gasteiger charge is -2.35. The molecule has 1 fully saturated rings. The Balaban J connectivity index is 0.00000264. The Morgan fingerprint density at radius 1 is 1.35 bits per heavy atom. The molecule has 0 spiro atoms. The smallest absolute Gasteiger partial charge is 0.237 e. The lowest BCUT2D eigenvalue weighted by atomic mass is 10.1. The number of rotatable bonds is 6. The third-order valence-electron chi connectivity index (χ3n) is 4.32. The molecular weight excluding hydrogens is 310 g/mol. The molecule has 130 valence electrons. The van der Waals surface area contributed by atoms with Crippen LogP contribution in [0.25, 0.3) is 0 Å². The van der Waals surface area contributed by atoms with Gasteiger partial charge in [-0.15, -0.1) is 12.4 Å². The number of piperazine rings is 1. The average Bonchev–Trinajstić information content (AvgIpc) is 2.51. The molecule has 0 aromatic heterocycles.